The fraction of sp³-hybridized carbons (Fsp3) is 0.350. The number of Topliss-reactive ketones (excluding diaryl/α,β-unsaturated/α-hetero) is 1. The molecule has 0 N–H and O–H groups in total. The van der Waals surface area contributed by atoms with Gasteiger partial charge in [0.15, 0.2) is 10.9 Å². The Kier molecular flexibility index (Phi) is 4.44. The zero-order valence-electron chi connectivity index (χ0n) is 15.3. The molecule has 0 unspecified atom stereocenters. The van der Waals surface area contributed by atoms with Gasteiger partial charge in [-0.2, -0.15) is 0 Å². The van der Waals surface area contributed by atoms with Gasteiger partial charge < -0.3 is 4.57 Å². The van der Waals surface area contributed by atoms with Gasteiger partial charge in [0, 0.05) is 23.0 Å². The van der Waals surface area contributed by atoms with Crippen LogP contribution in [-0.2, 0) is 0 Å². The van der Waals surface area contributed by atoms with Gasteiger partial charge in [-0.15, -0.1) is 10.2 Å². The molecular formula is C20H22N4OS. The van der Waals surface area contributed by atoms with E-state index in [-0.39, 0.29) is 5.78 Å². The Bertz CT molecular complexity index is 968. The van der Waals surface area contributed by atoms with Crippen LogP contribution in [0.5, 0.6) is 0 Å². The van der Waals surface area contributed by atoms with Crippen LogP contribution in [0.1, 0.15) is 46.2 Å². The molecule has 1 fully saturated rings. The van der Waals surface area contributed by atoms with Crippen molar-refractivity contribution in [1.82, 2.24) is 19.3 Å². The van der Waals surface area contributed by atoms with Crippen molar-refractivity contribution >= 4 is 17.5 Å². The van der Waals surface area contributed by atoms with Crippen LogP contribution < -0.4 is 0 Å². The second-order valence-electron chi connectivity index (χ2n) is 6.87. The summed E-state index contributed by atoms with van der Waals surface area (Å²) in [6.45, 7) is 6.20. The highest BCUT2D eigenvalue weighted by molar-refractivity contribution is 7.99. The predicted octanol–water partition coefficient (Wildman–Crippen LogP) is 4.30. The molecule has 3 aromatic rings. The number of carbonyl (C=O) groups excluding carboxylic acids is 1. The third-order valence-electron chi connectivity index (χ3n) is 4.92. The van der Waals surface area contributed by atoms with E-state index >= 15 is 0 Å². The monoisotopic (exact) mass is 366 g/mol. The molecule has 1 aliphatic rings. The van der Waals surface area contributed by atoms with Gasteiger partial charge in [-0.3, -0.25) is 9.36 Å². The van der Waals surface area contributed by atoms with Crippen LogP contribution in [0.4, 0.5) is 0 Å². The Morgan fingerprint density at radius 1 is 1.23 bits per heavy atom. The average molecular weight is 366 g/mol. The number of para-hydroxylation sites is 1. The SMILES string of the molecule is Cc1ccccc1-n1cnnc1SCC(=O)c1cc(C)n(C2CC2)c1C. The minimum atomic E-state index is 0.148. The maximum Gasteiger partial charge on any atom is 0.196 e. The molecule has 0 spiro atoms. The van der Waals surface area contributed by atoms with Crippen molar-refractivity contribution in [2.24, 2.45) is 0 Å². The number of carbonyl (C=O) groups is 1. The van der Waals surface area contributed by atoms with Gasteiger partial charge in [0.1, 0.15) is 6.33 Å². The second-order valence-corrected chi connectivity index (χ2v) is 7.81. The van der Waals surface area contributed by atoms with Gasteiger partial charge in [0.2, 0.25) is 0 Å². The molecule has 0 atom stereocenters. The van der Waals surface area contributed by atoms with Gasteiger partial charge in [0.05, 0.1) is 11.4 Å². The molecule has 1 aromatic carbocycles. The van der Waals surface area contributed by atoms with E-state index in [0.717, 1.165) is 27.7 Å². The molecule has 0 amide bonds. The highest BCUT2D eigenvalue weighted by Crippen LogP contribution is 2.38. The van der Waals surface area contributed by atoms with Crippen LogP contribution in [0.15, 0.2) is 41.8 Å². The highest BCUT2D eigenvalue weighted by atomic mass is 32.2. The van der Waals surface area contributed by atoms with Crippen LogP contribution in [0.3, 0.4) is 0 Å². The second kappa shape index (κ2) is 6.76. The number of aryl methyl sites for hydroxylation is 2. The fourth-order valence-electron chi connectivity index (χ4n) is 3.48. The summed E-state index contributed by atoms with van der Waals surface area (Å²) in [5.41, 5.74) is 5.30. The van der Waals surface area contributed by atoms with E-state index in [1.807, 2.05) is 28.8 Å². The molecule has 2 aromatic heterocycles. The average Bonchev–Trinajstić information content (AvgIpc) is 3.26. The third-order valence-corrected chi connectivity index (χ3v) is 5.86. The van der Waals surface area contributed by atoms with Crippen molar-refractivity contribution in [3.8, 4) is 5.69 Å². The summed E-state index contributed by atoms with van der Waals surface area (Å²) < 4.78 is 4.26. The van der Waals surface area contributed by atoms with Crippen molar-refractivity contribution in [1.29, 1.82) is 0 Å². The lowest BCUT2D eigenvalue weighted by Gasteiger charge is -2.09. The van der Waals surface area contributed by atoms with E-state index in [0.29, 0.717) is 11.8 Å². The highest BCUT2D eigenvalue weighted by Gasteiger charge is 2.28. The van der Waals surface area contributed by atoms with E-state index in [1.54, 1.807) is 6.33 Å². The van der Waals surface area contributed by atoms with Crippen molar-refractivity contribution in [2.75, 3.05) is 5.75 Å². The van der Waals surface area contributed by atoms with E-state index in [4.69, 9.17) is 0 Å². The third kappa shape index (κ3) is 3.09. The molecule has 26 heavy (non-hydrogen) atoms. The molecule has 4 rings (SSSR count). The molecule has 1 aliphatic carbocycles. The molecule has 1 saturated carbocycles. The van der Waals surface area contributed by atoms with Crippen LogP contribution in [0.25, 0.3) is 5.69 Å². The predicted molar refractivity (Wildman–Crippen MR) is 103 cm³/mol. The summed E-state index contributed by atoms with van der Waals surface area (Å²) in [6.07, 6.45) is 4.14. The Morgan fingerprint density at radius 3 is 2.73 bits per heavy atom. The quantitative estimate of drug-likeness (QED) is 0.482. The number of benzene rings is 1. The number of nitrogens with zero attached hydrogens (tertiary/aromatic N) is 4. The largest absolute Gasteiger partial charge is 0.345 e. The van der Waals surface area contributed by atoms with Crippen LogP contribution in [-0.4, -0.2) is 30.9 Å². The normalized spacial score (nSPS) is 14.0. The summed E-state index contributed by atoms with van der Waals surface area (Å²) in [5.74, 6) is 0.508. The van der Waals surface area contributed by atoms with Gasteiger partial charge >= 0.3 is 0 Å². The smallest absolute Gasteiger partial charge is 0.196 e. The Balaban J connectivity index is 1.52. The van der Waals surface area contributed by atoms with E-state index in [1.165, 1.54) is 30.3 Å². The van der Waals surface area contributed by atoms with Gasteiger partial charge in [0.25, 0.3) is 0 Å². The topological polar surface area (TPSA) is 52.7 Å². The summed E-state index contributed by atoms with van der Waals surface area (Å²) in [5, 5.41) is 8.97. The minimum absolute atomic E-state index is 0.148. The first-order valence-electron chi connectivity index (χ1n) is 8.86. The number of thioether (sulfide) groups is 1. The van der Waals surface area contributed by atoms with Crippen molar-refractivity contribution in [2.45, 2.75) is 44.8 Å². The molecular weight excluding hydrogens is 344 g/mol. The molecule has 0 saturated heterocycles. The number of rotatable bonds is 6. The molecule has 0 radical (unpaired) electrons. The number of hydrogen-bond acceptors (Lipinski definition) is 4. The van der Waals surface area contributed by atoms with Gasteiger partial charge in [-0.25, -0.2) is 0 Å². The molecule has 2 heterocycles. The fourth-order valence-corrected chi connectivity index (χ4v) is 4.29. The van der Waals surface area contributed by atoms with E-state index in [2.05, 4.69) is 41.6 Å². The standard InChI is InChI=1S/C20H22N4OS/c1-13-6-4-5-7-18(13)23-12-21-22-20(23)26-11-19(25)17-10-14(2)24(15(17)3)16-8-9-16/h4-7,10,12,16H,8-9,11H2,1-3H3. The first-order chi connectivity index (χ1) is 12.6. The van der Waals surface area contributed by atoms with Crippen molar-refractivity contribution in [3.63, 3.8) is 0 Å². The Morgan fingerprint density at radius 2 is 2.00 bits per heavy atom. The number of ketones is 1. The van der Waals surface area contributed by atoms with Crippen molar-refractivity contribution < 1.29 is 4.79 Å². The lowest BCUT2D eigenvalue weighted by Crippen LogP contribution is -2.07. The maximum absolute atomic E-state index is 12.8. The first kappa shape index (κ1) is 17.1. The lowest BCUT2D eigenvalue weighted by atomic mass is 10.2. The molecule has 5 nitrogen and oxygen atoms in total. The van der Waals surface area contributed by atoms with Gasteiger partial charge in [-0.1, -0.05) is 30.0 Å². The van der Waals surface area contributed by atoms with Crippen LogP contribution >= 0.6 is 11.8 Å². The zero-order valence-corrected chi connectivity index (χ0v) is 16.1. The zero-order chi connectivity index (χ0) is 18.3. The molecule has 0 aliphatic heterocycles. The Hall–Kier alpha value is -2.34. The van der Waals surface area contributed by atoms with E-state index < -0.39 is 0 Å². The summed E-state index contributed by atoms with van der Waals surface area (Å²) in [4.78, 5) is 12.8. The molecule has 0 bridgehead atoms. The summed E-state index contributed by atoms with van der Waals surface area (Å²) in [6, 6.07) is 10.7. The first-order valence-corrected chi connectivity index (χ1v) is 9.85. The van der Waals surface area contributed by atoms with Crippen molar-refractivity contribution in [3.05, 3.63) is 59.2 Å². The Labute approximate surface area is 157 Å². The van der Waals surface area contributed by atoms with Crippen LogP contribution in [0, 0.1) is 20.8 Å². The lowest BCUT2D eigenvalue weighted by molar-refractivity contribution is 0.102. The molecule has 134 valence electrons. The van der Waals surface area contributed by atoms with E-state index in [9.17, 15) is 4.79 Å². The summed E-state index contributed by atoms with van der Waals surface area (Å²) in [7, 11) is 0. The molecule has 6 heteroatoms. The maximum atomic E-state index is 12.8. The summed E-state index contributed by atoms with van der Waals surface area (Å²) >= 11 is 1.44. The number of aromatic nitrogens is 4. The van der Waals surface area contributed by atoms with Crippen LogP contribution in [0.2, 0.25) is 0 Å². The minimum Gasteiger partial charge on any atom is -0.345 e. The van der Waals surface area contributed by atoms with Gasteiger partial charge in [-0.05, 0) is 51.3 Å². The number of hydrogen-bond donors (Lipinski definition) is 0.